The molecule has 0 aliphatic heterocycles. The smallest absolute Gasteiger partial charge is 0.272 e. The number of hydrogen-bond acceptors (Lipinski definition) is 1. The van der Waals surface area contributed by atoms with E-state index in [1.54, 1.807) is 18.2 Å². The van der Waals surface area contributed by atoms with Crippen molar-refractivity contribution in [2.45, 2.75) is 12.3 Å². The Hall–Kier alpha value is -0.350. The number of hydrogen-bond donors (Lipinski definition) is 0. The fraction of sp³-hybridized carbons (Fsp3) is 0.333. The van der Waals surface area contributed by atoms with Crippen molar-refractivity contribution in [3.63, 3.8) is 0 Å². The Kier molecular flexibility index (Phi) is 4.62. The molecule has 0 atom stereocenters. The Labute approximate surface area is 94.1 Å². The van der Waals surface area contributed by atoms with E-state index in [9.17, 15) is 8.78 Å². The molecular formula is C9H8BrClF2O. The normalized spacial score (nSPS) is 10.6. The van der Waals surface area contributed by atoms with Gasteiger partial charge in [-0.15, -0.1) is 11.6 Å². The second kappa shape index (κ2) is 5.51. The Bertz CT molecular complexity index is 307. The molecule has 0 spiro atoms. The van der Waals surface area contributed by atoms with E-state index >= 15 is 0 Å². The molecule has 0 amide bonds. The molecular weight excluding hydrogens is 277 g/mol. The van der Waals surface area contributed by atoms with Crippen LogP contribution >= 0.6 is 27.5 Å². The number of ether oxygens (including phenoxy) is 1. The number of para-hydroxylation sites is 1. The topological polar surface area (TPSA) is 9.23 Å². The average molecular weight is 286 g/mol. The van der Waals surface area contributed by atoms with Crippen molar-refractivity contribution in [2.24, 2.45) is 0 Å². The summed E-state index contributed by atoms with van der Waals surface area (Å²) in [5.74, 6) is 0.626. The average Bonchev–Trinajstić information content (AvgIpc) is 2.15. The maximum absolute atomic E-state index is 11.9. The third kappa shape index (κ3) is 3.10. The van der Waals surface area contributed by atoms with Gasteiger partial charge in [-0.3, -0.25) is 0 Å². The van der Waals surface area contributed by atoms with Gasteiger partial charge < -0.3 is 4.74 Å². The number of halogens is 4. The standard InChI is InChI=1S/C9H8BrClF2O/c10-7-3-1-2-6(4-11)9(7)14-5-8(12)13/h1-3,8H,4-5H2. The highest BCUT2D eigenvalue weighted by Gasteiger charge is 2.10. The molecule has 1 nitrogen and oxygen atoms in total. The summed E-state index contributed by atoms with van der Waals surface area (Å²) in [6.45, 7) is -0.619. The van der Waals surface area contributed by atoms with Gasteiger partial charge in [-0.1, -0.05) is 12.1 Å². The van der Waals surface area contributed by atoms with Crippen molar-refractivity contribution in [3.05, 3.63) is 28.2 Å². The minimum Gasteiger partial charge on any atom is -0.486 e. The summed E-state index contributed by atoms with van der Waals surface area (Å²) in [5, 5.41) is 0. The van der Waals surface area contributed by atoms with Crippen LogP contribution in [0.15, 0.2) is 22.7 Å². The van der Waals surface area contributed by atoms with Gasteiger partial charge in [0, 0.05) is 5.56 Å². The maximum Gasteiger partial charge on any atom is 0.272 e. The molecule has 1 aromatic carbocycles. The summed E-state index contributed by atoms with van der Waals surface area (Å²) >= 11 is 8.84. The van der Waals surface area contributed by atoms with Crippen molar-refractivity contribution < 1.29 is 13.5 Å². The van der Waals surface area contributed by atoms with E-state index in [0.717, 1.165) is 0 Å². The highest BCUT2D eigenvalue weighted by molar-refractivity contribution is 9.10. The first-order valence-corrected chi connectivity index (χ1v) is 5.22. The molecule has 0 aliphatic carbocycles. The number of alkyl halides is 3. The lowest BCUT2D eigenvalue weighted by atomic mass is 10.2. The predicted octanol–water partition coefficient (Wildman–Crippen LogP) is 3.83. The minimum absolute atomic E-state index is 0.234. The largest absolute Gasteiger partial charge is 0.486 e. The van der Waals surface area contributed by atoms with Gasteiger partial charge >= 0.3 is 0 Å². The molecule has 0 bridgehead atoms. The quantitative estimate of drug-likeness (QED) is 0.764. The number of rotatable bonds is 4. The van der Waals surface area contributed by atoms with Crippen LogP contribution in [0.4, 0.5) is 8.78 Å². The summed E-state index contributed by atoms with van der Waals surface area (Å²) in [7, 11) is 0. The van der Waals surface area contributed by atoms with Gasteiger partial charge in [0.1, 0.15) is 12.4 Å². The minimum atomic E-state index is -2.48. The molecule has 0 aliphatic rings. The first kappa shape index (κ1) is 11.7. The van der Waals surface area contributed by atoms with Crippen molar-refractivity contribution in [1.82, 2.24) is 0 Å². The third-order valence-electron chi connectivity index (χ3n) is 1.55. The first-order valence-electron chi connectivity index (χ1n) is 3.89. The van der Waals surface area contributed by atoms with Crippen LogP contribution in [0.25, 0.3) is 0 Å². The van der Waals surface area contributed by atoms with Gasteiger partial charge in [0.25, 0.3) is 6.43 Å². The van der Waals surface area contributed by atoms with Crippen LogP contribution < -0.4 is 4.74 Å². The van der Waals surface area contributed by atoms with Crippen molar-refractivity contribution in [3.8, 4) is 5.75 Å². The zero-order chi connectivity index (χ0) is 10.6. The highest BCUT2D eigenvalue weighted by Crippen LogP contribution is 2.30. The molecule has 78 valence electrons. The predicted molar refractivity (Wildman–Crippen MR) is 55.2 cm³/mol. The van der Waals surface area contributed by atoms with Gasteiger partial charge in [0.05, 0.1) is 10.4 Å². The fourth-order valence-electron chi connectivity index (χ4n) is 0.967. The van der Waals surface area contributed by atoms with Crippen LogP contribution in [0.2, 0.25) is 0 Å². The third-order valence-corrected chi connectivity index (χ3v) is 2.46. The molecule has 0 fully saturated rings. The van der Waals surface area contributed by atoms with Gasteiger partial charge in [-0.25, -0.2) is 8.78 Å². The molecule has 5 heteroatoms. The molecule has 14 heavy (non-hydrogen) atoms. The number of benzene rings is 1. The van der Waals surface area contributed by atoms with E-state index in [1.807, 2.05) is 0 Å². The Morgan fingerprint density at radius 1 is 1.43 bits per heavy atom. The van der Waals surface area contributed by atoms with Gasteiger partial charge in [-0.05, 0) is 22.0 Å². The van der Waals surface area contributed by atoms with Crippen LogP contribution in [-0.4, -0.2) is 13.0 Å². The first-order chi connectivity index (χ1) is 6.65. The lowest BCUT2D eigenvalue weighted by molar-refractivity contribution is 0.0811. The summed E-state index contributed by atoms with van der Waals surface area (Å²) in [5.41, 5.74) is 0.696. The molecule has 0 aromatic heterocycles. The van der Waals surface area contributed by atoms with E-state index < -0.39 is 13.0 Å². The Morgan fingerprint density at radius 3 is 2.71 bits per heavy atom. The second-order valence-electron chi connectivity index (χ2n) is 2.56. The highest BCUT2D eigenvalue weighted by atomic mass is 79.9. The lowest BCUT2D eigenvalue weighted by Crippen LogP contribution is -2.08. The summed E-state index contributed by atoms with van der Waals surface area (Å²) < 4.78 is 29.4. The second-order valence-corrected chi connectivity index (χ2v) is 3.69. The monoisotopic (exact) mass is 284 g/mol. The van der Waals surface area contributed by atoms with Crippen molar-refractivity contribution in [1.29, 1.82) is 0 Å². The molecule has 0 N–H and O–H groups in total. The van der Waals surface area contributed by atoms with Crippen LogP contribution in [0, 0.1) is 0 Å². The van der Waals surface area contributed by atoms with Gasteiger partial charge in [0.2, 0.25) is 0 Å². The fourth-order valence-corrected chi connectivity index (χ4v) is 1.70. The molecule has 0 radical (unpaired) electrons. The molecule has 1 rings (SSSR count). The zero-order valence-electron chi connectivity index (χ0n) is 7.14. The van der Waals surface area contributed by atoms with E-state index in [4.69, 9.17) is 16.3 Å². The van der Waals surface area contributed by atoms with E-state index in [2.05, 4.69) is 15.9 Å². The van der Waals surface area contributed by atoms with Crippen LogP contribution in [0.5, 0.6) is 5.75 Å². The van der Waals surface area contributed by atoms with E-state index in [-0.39, 0.29) is 5.88 Å². The Morgan fingerprint density at radius 2 is 2.14 bits per heavy atom. The molecule has 0 heterocycles. The van der Waals surface area contributed by atoms with Crippen molar-refractivity contribution >= 4 is 27.5 Å². The van der Waals surface area contributed by atoms with E-state index in [1.165, 1.54) is 0 Å². The van der Waals surface area contributed by atoms with Crippen LogP contribution in [0.3, 0.4) is 0 Å². The van der Waals surface area contributed by atoms with Crippen LogP contribution in [0.1, 0.15) is 5.56 Å². The SMILES string of the molecule is FC(F)COc1c(Br)cccc1CCl. The van der Waals surface area contributed by atoms with E-state index in [0.29, 0.717) is 15.8 Å². The van der Waals surface area contributed by atoms with Crippen LogP contribution in [-0.2, 0) is 5.88 Å². The molecule has 1 aromatic rings. The molecule has 0 saturated carbocycles. The molecule has 0 saturated heterocycles. The zero-order valence-corrected chi connectivity index (χ0v) is 9.49. The Balaban J connectivity index is 2.82. The van der Waals surface area contributed by atoms with Crippen molar-refractivity contribution in [2.75, 3.05) is 6.61 Å². The maximum atomic E-state index is 11.9. The summed E-state index contributed by atoms with van der Waals surface area (Å²) in [6, 6.07) is 5.23. The van der Waals surface area contributed by atoms with Gasteiger partial charge in [-0.2, -0.15) is 0 Å². The van der Waals surface area contributed by atoms with Gasteiger partial charge in [0.15, 0.2) is 0 Å². The summed E-state index contributed by atoms with van der Waals surface area (Å²) in [4.78, 5) is 0. The summed E-state index contributed by atoms with van der Waals surface area (Å²) in [6.07, 6.45) is -2.48. The lowest BCUT2D eigenvalue weighted by Gasteiger charge is -2.10. The molecule has 0 unspecified atom stereocenters.